The van der Waals surface area contributed by atoms with Crippen molar-refractivity contribution in [1.29, 1.82) is 0 Å². The van der Waals surface area contributed by atoms with E-state index in [4.69, 9.17) is 4.74 Å². The molecular weight excluding hydrogens is 422 g/mol. The largest absolute Gasteiger partial charge is 0.465 e. The molecule has 9 nitrogen and oxygen atoms in total. The molecule has 0 N–H and O–H groups in total. The minimum atomic E-state index is -0.428. The van der Waals surface area contributed by atoms with E-state index in [2.05, 4.69) is 10.2 Å². The van der Waals surface area contributed by atoms with Gasteiger partial charge in [-0.1, -0.05) is 6.07 Å². The SMILES string of the molecule is COC(=O)c1ccc(N2C[C@@H](C(=O)N3CCC[C@@H](c4nnc5ccccn45)C3)CC2=O)cc1. The molecule has 1 aromatic carbocycles. The second-order valence-corrected chi connectivity index (χ2v) is 8.55. The number of pyridine rings is 1. The lowest BCUT2D eigenvalue weighted by molar-refractivity contribution is -0.137. The molecule has 0 spiro atoms. The quantitative estimate of drug-likeness (QED) is 0.569. The van der Waals surface area contributed by atoms with Gasteiger partial charge in [0.15, 0.2) is 5.65 Å². The van der Waals surface area contributed by atoms with Crippen LogP contribution in [0.1, 0.15) is 41.4 Å². The Hall–Kier alpha value is -3.75. The molecule has 0 bridgehead atoms. The van der Waals surface area contributed by atoms with E-state index in [1.165, 1.54) is 7.11 Å². The molecule has 9 heteroatoms. The Kier molecular flexibility index (Phi) is 5.53. The minimum Gasteiger partial charge on any atom is -0.465 e. The molecule has 5 rings (SSSR count). The van der Waals surface area contributed by atoms with Gasteiger partial charge < -0.3 is 14.5 Å². The van der Waals surface area contributed by atoms with E-state index in [-0.39, 0.29) is 30.1 Å². The number of hydrogen-bond donors (Lipinski definition) is 0. The number of methoxy groups -OCH3 is 1. The molecule has 4 heterocycles. The van der Waals surface area contributed by atoms with Crippen LogP contribution in [0.5, 0.6) is 0 Å². The number of esters is 1. The van der Waals surface area contributed by atoms with Gasteiger partial charge in [0.2, 0.25) is 11.8 Å². The molecule has 2 atom stereocenters. The van der Waals surface area contributed by atoms with Gasteiger partial charge >= 0.3 is 5.97 Å². The maximum atomic E-state index is 13.3. The van der Waals surface area contributed by atoms with Gasteiger partial charge in [0.25, 0.3) is 0 Å². The topological polar surface area (TPSA) is 97.1 Å². The lowest BCUT2D eigenvalue weighted by Crippen LogP contribution is -2.43. The first kappa shape index (κ1) is 21.1. The standard InChI is InChI=1S/C24H25N5O4/c1-33-24(32)16-7-9-19(10-8-16)29-15-18(13-21(29)30)23(31)27-11-4-5-17(14-27)22-26-25-20-6-2-3-12-28(20)22/h2-3,6-10,12,17-18H,4-5,11,13-15H2,1H3/t17-,18+/m1/s1. The Morgan fingerprint density at radius 3 is 2.67 bits per heavy atom. The number of fused-ring (bicyclic) bond motifs is 1. The van der Waals surface area contributed by atoms with Crippen molar-refractivity contribution < 1.29 is 19.1 Å². The average molecular weight is 447 g/mol. The molecule has 2 saturated heterocycles. The van der Waals surface area contributed by atoms with Gasteiger partial charge in [0.05, 0.1) is 18.6 Å². The summed E-state index contributed by atoms with van der Waals surface area (Å²) in [5.41, 5.74) is 1.89. The Morgan fingerprint density at radius 2 is 1.88 bits per heavy atom. The van der Waals surface area contributed by atoms with E-state index in [0.717, 1.165) is 24.3 Å². The van der Waals surface area contributed by atoms with E-state index in [0.29, 0.717) is 30.9 Å². The zero-order valence-electron chi connectivity index (χ0n) is 18.4. The van der Waals surface area contributed by atoms with E-state index in [1.54, 1.807) is 29.2 Å². The Balaban J connectivity index is 1.27. The number of carbonyl (C=O) groups excluding carboxylic acids is 3. The van der Waals surface area contributed by atoms with Crippen LogP contribution in [0, 0.1) is 5.92 Å². The highest BCUT2D eigenvalue weighted by Gasteiger charge is 2.39. The zero-order chi connectivity index (χ0) is 22.9. The predicted molar refractivity (Wildman–Crippen MR) is 120 cm³/mol. The molecule has 2 aromatic heterocycles. The van der Waals surface area contributed by atoms with Crippen molar-refractivity contribution in [2.45, 2.75) is 25.2 Å². The fraction of sp³-hybridized carbons (Fsp3) is 0.375. The number of nitrogens with zero attached hydrogens (tertiary/aromatic N) is 5. The summed E-state index contributed by atoms with van der Waals surface area (Å²) in [6.45, 7) is 1.60. The van der Waals surface area contributed by atoms with Crippen LogP contribution in [0.15, 0.2) is 48.7 Å². The molecular formula is C24H25N5O4. The van der Waals surface area contributed by atoms with Crippen molar-refractivity contribution in [2.75, 3.05) is 31.6 Å². The van der Waals surface area contributed by atoms with E-state index < -0.39 is 5.97 Å². The van der Waals surface area contributed by atoms with Gasteiger partial charge in [-0.2, -0.15) is 0 Å². The summed E-state index contributed by atoms with van der Waals surface area (Å²) >= 11 is 0. The fourth-order valence-electron chi connectivity index (χ4n) is 4.80. The molecule has 2 fully saturated rings. The van der Waals surface area contributed by atoms with Gasteiger partial charge in [0.1, 0.15) is 5.82 Å². The monoisotopic (exact) mass is 447 g/mol. The maximum Gasteiger partial charge on any atom is 0.337 e. The van der Waals surface area contributed by atoms with Crippen LogP contribution in [0.25, 0.3) is 5.65 Å². The third-order valence-electron chi connectivity index (χ3n) is 6.51. The van der Waals surface area contributed by atoms with Gasteiger partial charge in [-0.25, -0.2) is 4.79 Å². The number of rotatable bonds is 4. The van der Waals surface area contributed by atoms with Gasteiger partial charge in [-0.3, -0.25) is 14.0 Å². The summed E-state index contributed by atoms with van der Waals surface area (Å²) < 4.78 is 6.70. The predicted octanol–water partition coefficient (Wildman–Crippen LogP) is 2.28. The molecule has 2 aliphatic heterocycles. The van der Waals surface area contributed by atoms with Gasteiger partial charge in [-0.05, 0) is 49.2 Å². The average Bonchev–Trinajstić information content (AvgIpc) is 3.47. The summed E-state index contributed by atoms with van der Waals surface area (Å²) in [4.78, 5) is 41.2. The highest BCUT2D eigenvalue weighted by atomic mass is 16.5. The van der Waals surface area contributed by atoms with Crippen molar-refractivity contribution in [3.05, 3.63) is 60.0 Å². The maximum absolute atomic E-state index is 13.3. The van der Waals surface area contributed by atoms with E-state index >= 15 is 0 Å². The van der Waals surface area contributed by atoms with Crippen LogP contribution in [0.3, 0.4) is 0 Å². The third kappa shape index (κ3) is 3.94. The smallest absolute Gasteiger partial charge is 0.337 e. The lowest BCUT2D eigenvalue weighted by Gasteiger charge is -2.33. The number of piperidine rings is 1. The molecule has 2 aliphatic rings. The number of carbonyl (C=O) groups is 3. The van der Waals surface area contributed by atoms with Crippen molar-refractivity contribution in [2.24, 2.45) is 5.92 Å². The van der Waals surface area contributed by atoms with Crippen LogP contribution in [-0.4, -0.2) is 64.0 Å². The third-order valence-corrected chi connectivity index (χ3v) is 6.51. The van der Waals surface area contributed by atoms with Crippen LogP contribution in [0.2, 0.25) is 0 Å². The Bertz CT molecular complexity index is 1210. The summed E-state index contributed by atoms with van der Waals surface area (Å²) in [7, 11) is 1.33. The van der Waals surface area contributed by atoms with Crippen LogP contribution in [-0.2, 0) is 14.3 Å². The van der Waals surface area contributed by atoms with Crippen molar-refractivity contribution >= 4 is 29.1 Å². The van der Waals surface area contributed by atoms with Crippen LogP contribution >= 0.6 is 0 Å². The molecule has 0 saturated carbocycles. The van der Waals surface area contributed by atoms with Crippen molar-refractivity contribution in [3.63, 3.8) is 0 Å². The second kappa shape index (κ2) is 8.65. The Labute approximate surface area is 190 Å². The number of amides is 2. The molecule has 33 heavy (non-hydrogen) atoms. The molecule has 0 aliphatic carbocycles. The second-order valence-electron chi connectivity index (χ2n) is 8.55. The van der Waals surface area contributed by atoms with Crippen LogP contribution < -0.4 is 4.90 Å². The van der Waals surface area contributed by atoms with Crippen molar-refractivity contribution in [1.82, 2.24) is 19.5 Å². The zero-order valence-corrected chi connectivity index (χ0v) is 18.4. The Morgan fingerprint density at radius 1 is 1.06 bits per heavy atom. The highest BCUT2D eigenvalue weighted by molar-refractivity contribution is 6.00. The minimum absolute atomic E-state index is 0.00977. The normalized spacial score (nSPS) is 20.9. The number of benzene rings is 1. The summed E-state index contributed by atoms with van der Waals surface area (Å²) in [6.07, 6.45) is 3.97. The van der Waals surface area contributed by atoms with E-state index in [1.807, 2.05) is 33.7 Å². The van der Waals surface area contributed by atoms with Gasteiger partial charge in [-0.15, -0.1) is 10.2 Å². The molecule has 170 valence electrons. The fourth-order valence-corrected chi connectivity index (χ4v) is 4.80. The van der Waals surface area contributed by atoms with E-state index in [9.17, 15) is 14.4 Å². The highest BCUT2D eigenvalue weighted by Crippen LogP contribution is 2.30. The number of aromatic nitrogens is 3. The summed E-state index contributed by atoms with van der Waals surface area (Å²) in [5, 5.41) is 8.63. The first-order valence-electron chi connectivity index (χ1n) is 11.1. The molecule has 2 amide bonds. The van der Waals surface area contributed by atoms with Crippen LogP contribution in [0.4, 0.5) is 5.69 Å². The molecule has 0 radical (unpaired) electrons. The van der Waals surface area contributed by atoms with Gasteiger partial charge in [0, 0.05) is 43.9 Å². The first-order valence-corrected chi connectivity index (χ1v) is 11.1. The van der Waals surface area contributed by atoms with Crippen molar-refractivity contribution in [3.8, 4) is 0 Å². The first-order chi connectivity index (χ1) is 16.0. The lowest BCUT2D eigenvalue weighted by atomic mass is 9.95. The summed E-state index contributed by atoms with van der Waals surface area (Å²) in [6, 6.07) is 12.5. The summed E-state index contributed by atoms with van der Waals surface area (Å²) in [5.74, 6) is 0.0953. The molecule has 0 unspecified atom stereocenters. The molecule has 3 aromatic rings. The number of hydrogen-bond acceptors (Lipinski definition) is 6. The number of likely N-dealkylation sites (tertiary alicyclic amines) is 1. The number of anilines is 1. The number of ether oxygens (including phenoxy) is 1.